The van der Waals surface area contributed by atoms with Gasteiger partial charge in [-0.1, -0.05) is 30.3 Å². The van der Waals surface area contributed by atoms with E-state index < -0.39 is 12.0 Å². The van der Waals surface area contributed by atoms with Gasteiger partial charge in [0.25, 0.3) is 0 Å². The number of hydrogen-bond donors (Lipinski definition) is 1. The van der Waals surface area contributed by atoms with Crippen molar-refractivity contribution in [3.63, 3.8) is 0 Å². The number of carbonyl (C=O) groups excluding carboxylic acids is 2. The van der Waals surface area contributed by atoms with Gasteiger partial charge in [0.15, 0.2) is 0 Å². The Morgan fingerprint density at radius 2 is 1.74 bits per heavy atom. The van der Waals surface area contributed by atoms with E-state index in [4.69, 9.17) is 0 Å². The van der Waals surface area contributed by atoms with Crippen molar-refractivity contribution in [1.29, 1.82) is 0 Å². The number of likely N-dealkylation sites (tertiary alicyclic amines) is 2. The Balaban J connectivity index is 1.51. The van der Waals surface area contributed by atoms with Gasteiger partial charge in [0.05, 0.1) is 0 Å². The highest BCUT2D eigenvalue weighted by atomic mass is 16.4. The molecule has 2 fully saturated rings. The zero-order chi connectivity index (χ0) is 19.4. The molecular formula is C20H27N3O4. The van der Waals surface area contributed by atoms with Gasteiger partial charge in [-0.05, 0) is 31.2 Å². The smallest absolute Gasteiger partial charge is 0.326 e. The summed E-state index contributed by atoms with van der Waals surface area (Å²) >= 11 is 0. The van der Waals surface area contributed by atoms with Crippen molar-refractivity contribution >= 4 is 17.9 Å². The lowest BCUT2D eigenvalue weighted by Gasteiger charge is -2.36. The van der Waals surface area contributed by atoms with Gasteiger partial charge >= 0.3 is 12.0 Å². The van der Waals surface area contributed by atoms with Gasteiger partial charge in [0, 0.05) is 39.1 Å². The molecule has 2 aliphatic heterocycles. The lowest BCUT2D eigenvalue weighted by molar-refractivity contribution is -0.150. The minimum atomic E-state index is -0.920. The molecule has 1 aromatic rings. The molecule has 3 rings (SSSR count). The quantitative estimate of drug-likeness (QED) is 0.876. The number of carbonyl (C=O) groups is 3. The molecule has 0 aliphatic carbocycles. The van der Waals surface area contributed by atoms with Crippen LogP contribution in [-0.2, 0) is 16.1 Å². The Morgan fingerprint density at radius 1 is 1.07 bits per heavy atom. The predicted octanol–water partition coefficient (Wildman–Crippen LogP) is 2.03. The number of rotatable bonds is 4. The zero-order valence-corrected chi connectivity index (χ0v) is 15.7. The van der Waals surface area contributed by atoms with Gasteiger partial charge in [-0.3, -0.25) is 4.79 Å². The lowest BCUT2D eigenvalue weighted by atomic mass is 9.95. The van der Waals surface area contributed by atoms with Crippen LogP contribution >= 0.6 is 0 Å². The summed E-state index contributed by atoms with van der Waals surface area (Å²) < 4.78 is 0. The van der Waals surface area contributed by atoms with Gasteiger partial charge < -0.3 is 19.8 Å². The van der Waals surface area contributed by atoms with Crippen LogP contribution in [0.4, 0.5) is 4.79 Å². The fourth-order valence-electron chi connectivity index (χ4n) is 4.01. The molecule has 1 unspecified atom stereocenters. The minimum Gasteiger partial charge on any atom is -0.480 e. The molecule has 2 heterocycles. The van der Waals surface area contributed by atoms with Crippen LogP contribution in [0, 0.1) is 5.92 Å². The van der Waals surface area contributed by atoms with Crippen LogP contribution in [0.3, 0.4) is 0 Å². The van der Waals surface area contributed by atoms with Crippen molar-refractivity contribution in [2.75, 3.05) is 26.7 Å². The minimum absolute atomic E-state index is 0.0330. The van der Waals surface area contributed by atoms with E-state index in [1.54, 1.807) is 16.8 Å². The Kier molecular flexibility index (Phi) is 5.98. The average molecular weight is 373 g/mol. The van der Waals surface area contributed by atoms with Gasteiger partial charge in [0.1, 0.15) is 6.04 Å². The molecule has 3 amide bonds. The second-order valence-electron chi connectivity index (χ2n) is 7.41. The second-order valence-corrected chi connectivity index (χ2v) is 7.41. The third kappa shape index (κ3) is 4.40. The van der Waals surface area contributed by atoms with Crippen LogP contribution < -0.4 is 0 Å². The Bertz CT molecular complexity index is 686. The topological polar surface area (TPSA) is 81.2 Å². The molecule has 0 bridgehead atoms. The third-order valence-electron chi connectivity index (χ3n) is 5.52. The first-order valence-electron chi connectivity index (χ1n) is 9.54. The van der Waals surface area contributed by atoms with Crippen molar-refractivity contribution in [3.05, 3.63) is 35.9 Å². The summed E-state index contributed by atoms with van der Waals surface area (Å²) in [7, 11) is 1.79. The highest BCUT2D eigenvalue weighted by molar-refractivity contribution is 5.86. The van der Waals surface area contributed by atoms with Crippen LogP contribution in [-0.4, -0.2) is 70.4 Å². The van der Waals surface area contributed by atoms with E-state index in [0.29, 0.717) is 45.4 Å². The molecular weight excluding hydrogens is 346 g/mol. The summed E-state index contributed by atoms with van der Waals surface area (Å²) in [6, 6.07) is 9.11. The number of piperidine rings is 1. The summed E-state index contributed by atoms with van der Waals surface area (Å²) in [6.07, 6.45) is 2.45. The third-order valence-corrected chi connectivity index (χ3v) is 5.52. The van der Waals surface area contributed by atoms with E-state index in [2.05, 4.69) is 0 Å². The van der Waals surface area contributed by atoms with Crippen LogP contribution in [0.2, 0.25) is 0 Å². The summed E-state index contributed by atoms with van der Waals surface area (Å²) in [5.74, 6) is -1.17. The number of amides is 3. The molecule has 0 saturated carbocycles. The summed E-state index contributed by atoms with van der Waals surface area (Å²) in [6.45, 7) is 2.13. The van der Waals surface area contributed by atoms with E-state index in [0.717, 1.165) is 12.0 Å². The van der Waals surface area contributed by atoms with Crippen LogP contribution in [0.15, 0.2) is 30.3 Å². The van der Waals surface area contributed by atoms with E-state index in [-0.39, 0.29) is 17.9 Å². The molecule has 7 nitrogen and oxygen atoms in total. The van der Waals surface area contributed by atoms with E-state index in [9.17, 15) is 19.5 Å². The first-order valence-corrected chi connectivity index (χ1v) is 9.54. The van der Waals surface area contributed by atoms with Crippen LogP contribution in [0.1, 0.15) is 31.2 Å². The van der Waals surface area contributed by atoms with Gasteiger partial charge in [-0.2, -0.15) is 0 Å². The van der Waals surface area contributed by atoms with E-state index in [1.165, 1.54) is 4.90 Å². The van der Waals surface area contributed by atoms with Crippen molar-refractivity contribution in [3.8, 4) is 0 Å². The number of carboxylic acid groups (broad SMARTS) is 1. The monoisotopic (exact) mass is 373 g/mol. The maximum atomic E-state index is 12.7. The molecule has 0 spiro atoms. The standard InChI is InChI=1S/C20H27N3O4/c1-21(14-15-6-3-2-4-7-15)20(27)22-12-9-16(10-13-22)18(24)23-11-5-8-17(23)19(25)26/h2-4,6-7,16-17H,5,8-14H2,1H3,(H,25,26). The Hall–Kier alpha value is -2.57. The molecule has 146 valence electrons. The second kappa shape index (κ2) is 8.41. The number of urea groups is 1. The molecule has 1 N–H and O–H groups in total. The summed E-state index contributed by atoms with van der Waals surface area (Å²) in [5.41, 5.74) is 1.08. The average Bonchev–Trinajstić information content (AvgIpc) is 3.18. The largest absolute Gasteiger partial charge is 0.480 e. The zero-order valence-electron chi connectivity index (χ0n) is 15.7. The van der Waals surface area contributed by atoms with E-state index in [1.807, 2.05) is 30.3 Å². The number of nitrogens with zero attached hydrogens (tertiary/aromatic N) is 3. The normalized spacial score (nSPS) is 20.6. The highest BCUT2D eigenvalue weighted by Gasteiger charge is 2.38. The van der Waals surface area contributed by atoms with Gasteiger partial charge in [0.2, 0.25) is 5.91 Å². The molecule has 0 aromatic heterocycles. The molecule has 1 atom stereocenters. The van der Waals surface area contributed by atoms with Crippen LogP contribution in [0.25, 0.3) is 0 Å². The van der Waals surface area contributed by atoms with E-state index >= 15 is 0 Å². The SMILES string of the molecule is CN(Cc1ccccc1)C(=O)N1CCC(C(=O)N2CCCC2C(=O)O)CC1. The predicted molar refractivity (Wildman–Crippen MR) is 100.0 cm³/mol. The molecule has 2 aliphatic rings. The van der Waals surface area contributed by atoms with Gasteiger partial charge in [-0.15, -0.1) is 0 Å². The Morgan fingerprint density at radius 3 is 2.37 bits per heavy atom. The first kappa shape index (κ1) is 19.2. The van der Waals surface area contributed by atoms with Crippen molar-refractivity contribution in [1.82, 2.24) is 14.7 Å². The first-order chi connectivity index (χ1) is 13.0. The molecule has 27 heavy (non-hydrogen) atoms. The van der Waals surface area contributed by atoms with Gasteiger partial charge in [-0.25, -0.2) is 9.59 Å². The van der Waals surface area contributed by atoms with Crippen molar-refractivity contribution in [2.24, 2.45) is 5.92 Å². The maximum absolute atomic E-state index is 12.7. The Labute approximate surface area is 159 Å². The fourth-order valence-corrected chi connectivity index (χ4v) is 4.01. The fraction of sp³-hybridized carbons (Fsp3) is 0.550. The lowest BCUT2D eigenvalue weighted by Crippen LogP contribution is -2.49. The number of hydrogen-bond acceptors (Lipinski definition) is 3. The summed E-state index contributed by atoms with van der Waals surface area (Å²) in [4.78, 5) is 41.7. The molecule has 2 saturated heterocycles. The van der Waals surface area contributed by atoms with Crippen molar-refractivity contribution < 1.29 is 19.5 Å². The number of benzene rings is 1. The highest BCUT2D eigenvalue weighted by Crippen LogP contribution is 2.26. The molecule has 0 radical (unpaired) electrons. The van der Waals surface area contributed by atoms with Crippen LogP contribution in [0.5, 0.6) is 0 Å². The molecule has 1 aromatic carbocycles. The maximum Gasteiger partial charge on any atom is 0.326 e. The number of carboxylic acids is 1. The summed E-state index contributed by atoms with van der Waals surface area (Å²) in [5, 5.41) is 9.28. The van der Waals surface area contributed by atoms with Crippen molar-refractivity contribution in [2.45, 2.75) is 38.3 Å². The number of aliphatic carboxylic acids is 1. The molecule has 7 heteroatoms.